The van der Waals surface area contributed by atoms with Crippen molar-refractivity contribution in [3.05, 3.63) is 64.4 Å². The molecule has 0 spiro atoms. The van der Waals surface area contributed by atoms with Crippen molar-refractivity contribution in [3.8, 4) is 0 Å². The van der Waals surface area contributed by atoms with Crippen LogP contribution in [0.3, 0.4) is 0 Å². The predicted octanol–water partition coefficient (Wildman–Crippen LogP) is 3.71. The number of thiophene rings is 1. The lowest BCUT2D eigenvalue weighted by atomic mass is 10.1. The molecule has 0 radical (unpaired) electrons. The molecular formula is C18H19NO2S2. The highest BCUT2D eigenvalue weighted by Gasteiger charge is 2.21. The number of hydrogen-bond donors (Lipinski definition) is 2. The van der Waals surface area contributed by atoms with Crippen molar-refractivity contribution in [1.29, 1.82) is 0 Å². The zero-order valence-electron chi connectivity index (χ0n) is 12.6. The Morgan fingerprint density at radius 3 is 2.87 bits per heavy atom. The fourth-order valence-electron chi connectivity index (χ4n) is 2.59. The van der Waals surface area contributed by atoms with Gasteiger partial charge >= 0.3 is 0 Å². The Labute approximate surface area is 144 Å². The average Bonchev–Trinajstić information content (AvgIpc) is 3.24. The molecular weight excluding hydrogens is 326 g/mol. The summed E-state index contributed by atoms with van der Waals surface area (Å²) in [6.45, 7) is 0.135. The highest BCUT2D eigenvalue weighted by Crippen LogP contribution is 2.28. The third-order valence-electron chi connectivity index (χ3n) is 3.80. The van der Waals surface area contributed by atoms with Crippen molar-refractivity contribution in [3.63, 3.8) is 0 Å². The quantitative estimate of drug-likeness (QED) is 0.620. The van der Waals surface area contributed by atoms with Crippen molar-refractivity contribution < 1.29 is 9.90 Å². The molecule has 0 aliphatic heterocycles. The summed E-state index contributed by atoms with van der Waals surface area (Å²) < 4.78 is 0. The van der Waals surface area contributed by atoms with Gasteiger partial charge in [-0.05, 0) is 30.0 Å². The Bertz CT molecular complexity index is 682. The number of carbonyl (C=O) groups excluding carboxylic acids is 1. The Morgan fingerprint density at radius 2 is 2.13 bits per heavy atom. The molecule has 120 valence electrons. The van der Waals surface area contributed by atoms with E-state index in [0.29, 0.717) is 0 Å². The number of thioether (sulfide) groups is 1. The van der Waals surface area contributed by atoms with Crippen LogP contribution in [-0.2, 0) is 5.75 Å². The maximum absolute atomic E-state index is 12.6. The molecule has 3 nitrogen and oxygen atoms in total. The molecule has 0 unspecified atom stereocenters. The summed E-state index contributed by atoms with van der Waals surface area (Å²) in [5.74, 6) is 0.981. The minimum absolute atomic E-state index is 0.00926. The van der Waals surface area contributed by atoms with Crippen molar-refractivity contribution in [2.24, 2.45) is 5.92 Å². The van der Waals surface area contributed by atoms with E-state index in [1.807, 2.05) is 42.5 Å². The molecule has 5 heteroatoms. The molecule has 0 fully saturated rings. The predicted molar refractivity (Wildman–Crippen MR) is 95.9 cm³/mol. The van der Waals surface area contributed by atoms with Crippen LogP contribution in [0.15, 0.2) is 58.8 Å². The lowest BCUT2D eigenvalue weighted by molar-refractivity contribution is 0.0938. The molecule has 0 saturated carbocycles. The summed E-state index contributed by atoms with van der Waals surface area (Å²) in [4.78, 5) is 14.9. The molecule has 1 aliphatic rings. The molecule has 23 heavy (non-hydrogen) atoms. The lowest BCUT2D eigenvalue weighted by Crippen LogP contribution is -2.33. The molecule has 0 bridgehead atoms. The fourth-order valence-corrected chi connectivity index (χ4v) is 4.41. The maximum Gasteiger partial charge on any atom is 0.252 e. The van der Waals surface area contributed by atoms with Crippen LogP contribution >= 0.6 is 23.1 Å². The van der Waals surface area contributed by atoms with Crippen LogP contribution in [0.5, 0.6) is 0 Å². The van der Waals surface area contributed by atoms with Crippen LogP contribution < -0.4 is 5.32 Å². The summed E-state index contributed by atoms with van der Waals surface area (Å²) in [7, 11) is 0. The number of benzene rings is 1. The van der Waals surface area contributed by atoms with Gasteiger partial charge in [-0.25, -0.2) is 0 Å². The summed E-state index contributed by atoms with van der Waals surface area (Å²) in [5.41, 5.74) is 0.718. The van der Waals surface area contributed by atoms with Crippen LogP contribution in [0.25, 0.3) is 0 Å². The van der Waals surface area contributed by atoms with E-state index in [0.717, 1.165) is 22.6 Å². The smallest absolute Gasteiger partial charge is 0.252 e. The van der Waals surface area contributed by atoms with Crippen LogP contribution in [-0.4, -0.2) is 23.7 Å². The Hall–Kier alpha value is -1.56. The molecule has 0 saturated heterocycles. The molecule has 1 aliphatic carbocycles. The summed E-state index contributed by atoms with van der Waals surface area (Å²) in [5, 5.41) is 14.3. The maximum atomic E-state index is 12.6. The van der Waals surface area contributed by atoms with Gasteiger partial charge in [0.15, 0.2) is 0 Å². The molecule has 3 rings (SSSR count). The molecule has 1 aromatic heterocycles. The van der Waals surface area contributed by atoms with Crippen LogP contribution in [0, 0.1) is 5.92 Å². The molecule has 1 aromatic carbocycles. The lowest BCUT2D eigenvalue weighted by Gasteiger charge is -2.14. The van der Waals surface area contributed by atoms with Gasteiger partial charge < -0.3 is 10.4 Å². The first kappa shape index (κ1) is 16.3. The second-order valence-corrected chi connectivity index (χ2v) is 7.56. The van der Waals surface area contributed by atoms with Crippen molar-refractivity contribution in [1.82, 2.24) is 5.32 Å². The van der Waals surface area contributed by atoms with Gasteiger partial charge in [0.1, 0.15) is 0 Å². The number of nitrogens with one attached hydrogen (secondary N) is 1. The first-order valence-corrected chi connectivity index (χ1v) is 9.47. The van der Waals surface area contributed by atoms with E-state index in [-0.39, 0.29) is 24.5 Å². The van der Waals surface area contributed by atoms with E-state index in [1.165, 1.54) is 4.88 Å². The van der Waals surface area contributed by atoms with E-state index in [2.05, 4.69) is 16.8 Å². The van der Waals surface area contributed by atoms with E-state index in [1.54, 1.807) is 23.1 Å². The van der Waals surface area contributed by atoms with Gasteiger partial charge in [0, 0.05) is 34.1 Å². The Morgan fingerprint density at radius 1 is 1.26 bits per heavy atom. The SMILES string of the molecule is O=C(N[C@@H]1C=C[C@H](CO)C1)c1ccccc1SCc1cccs1. The largest absolute Gasteiger partial charge is 0.396 e. The van der Waals surface area contributed by atoms with Crippen molar-refractivity contribution >= 4 is 29.0 Å². The molecule has 1 heterocycles. The highest BCUT2D eigenvalue weighted by molar-refractivity contribution is 7.98. The van der Waals surface area contributed by atoms with Crippen molar-refractivity contribution in [2.75, 3.05) is 6.61 Å². The molecule has 2 aromatic rings. The monoisotopic (exact) mass is 345 g/mol. The number of aliphatic hydroxyl groups is 1. The Balaban J connectivity index is 1.65. The van der Waals surface area contributed by atoms with Crippen LogP contribution in [0.2, 0.25) is 0 Å². The molecule has 1 amide bonds. The number of aliphatic hydroxyl groups excluding tert-OH is 1. The van der Waals surface area contributed by atoms with Gasteiger partial charge in [-0.15, -0.1) is 23.1 Å². The third-order valence-corrected chi connectivity index (χ3v) is 5.99. The summed E-state index contributed by atoms with van der Waals surface area (Å²) >= 11 is 3.42. The second kappa shape index (κ2) is 7.81. The van der Waals surface area contributed by atoms with Gasteiger partial charge in [0.05, 0.1) is 5.56 Å². The van der Waals surface area contributed by atoms with Gasteiger partial charge in [-0.2, -0.15) is 0 Å². The van der Waals surface area contributed by atoms with E-state index in [4.69, 9.17) is 0 Å². The first-order chi connectivity index (χ1) is 11.3. The molecule has 2 atom stereocenters. The number of hydrogen-bond acceptors (Lipinski definition) is 4. The second-order valence-electron chi connectivity index (χ2n) is 5.51. The van der Waals surface area contributed by atoms with Gasteiger partial charge in [-0.1, -0.05) is 30.4 Å². The van der Waals surface area contributed by atoms with Gasteiger partial charge in [-0.3, -0.25) is 4.79 Å². The topological polar surface area (TPSA) is 49.3 Å². The van der Waals surface area contributed by atoms with E-state index < -0.39 is 0 Å². The van der Waals surface area contributed by atoms with Gasteiger partial charge in [0.2, 0.25) is 0 Å². The zero-order valence-corrected chi connectivity index (χ0v) is 14.3. The van der Waals surface area contributed by atoms with Gasteiger partial charge in [0.25, 0.3) is 5.91 Å². The average molecular weight is 345 g/mol. The number of carbonyl (C=O) groups is 1. The normalized spacial score (nSPS) is 19.9. The standard InChI is InChI=1S/C18H19NO2S2/c20-11-13-7-8-14(10-13)19-18(21)16-5-1-2-6-17(16)23-12-15-4-3-9-22-15/h1-9,13-14,20H,10-12H2,(H,19,21)/t13-,14+/m0/s1. The molecule has 2 N–H and O–H groups in total. The summed E-state index contributed by atoms with van der Waals surface area (Å²) in [6, 6.07) is 11.9. The van der Waals surface area contributed by atoms with Crippen LogP contribution in [0.1, 0.15) is 21.7 Å². The number of rotatable bonds is 6. The number of amides is 1. The zero-order chi connectivity index (χ0) is 16.1. The Kier molecular flexibility index (Phi) is 5.54. The fraction of sp³-hybridized carbons (Fsp3) is 0.278. The van der Waals surface area contributed by atoms with E-state index in [9.17, 15) is 9.90 Å². The van der Waals surface area contributed by atoms with Crippen LogP contribution in [0.4, 0.5) is 0 Å². The summed E-state index contributed by atoms with van der Waals surface area (Å²) in [6.07, 6.45) is 4.72. The highest BCUT2D eigenvalue weighted by atomic mass is 32.2. The minimum atomic E-state index is -0.0486. The first-order valence-electron chi connectivity index (χ1n) is 7.60. The van der Waals surface area contributed by atoms with E-state index >= 15 is 0 Å². The third kappa shape index (κ3) is 4.25. The van der Waals surface area contributed by atoms with Crippen molar-refractivity contribution in [2.45, 2.75) is 23.1 Å². The minimum Gasteiger partial charge on any atom is -0.396 e.